The molecule has 172 valence electrons. The van der Waals surface area contributed by atoms with Gasteiger partial charge in [-0.2, -0.15) is 0 Å². The zero-order valence-electron chi connectivity index (χ0n) is 18.6. The zero-order chi connectivity index (χ0) is 24.3. The third kappa shape index (κ3) is 5.71. The topological polar surface area (TPSA) is 95.6 Å². The molecule has 0 radical (unpaired) electrons. The molecule has 0 unspecified atom stereocenters. The van der Waals surface area contributed by atoms with Crippen LogP contribution in [0, 0.1) is 13.8 Å². The zero-order valence-corrected chi connectivity index (χ0v) is 20.2. The molecular formula is C24H24ClN3O4S. The van der Waals surface area contributed by atoms with Gasteiger partial charge < -0.3 is 10.2 Å². The molecule has 3 rings (SSSR count). The summed E-state index contributed by atoms with van der Waals surface area (Å²) in [4.78, 5) is 25.7. The number of nitrogens with zero attached hydrogens (tertiary/aromatic N) is 1. The average Bonchev–Trinajstić information content (AvgIpc) is 2.76. The molecule has 3 aromatic rings. The number of carbonyl (C=O) groups is 2. The van der Waals surface area contributed by atoms with Crippen molar-refractivity contribution >= 4 is 50.5 Å². The molecule has 3 aromatic carbocycles. The van der Waals surface area contributed by atoms with Crippen LogP contribution in [-0.4, -0.2) is 27.3 Å². The summed E-state index contributed by atoms with van der Waals surface area (Å²) >= 11 is 6.19. The minimum atomic E-state index is -3.94. The fourth-order valence-corrected chi connectivity index (χ4v) is 4.29. The summed E-state index contributed by atoms with van der Waals surface area (Å²) in [5.41, 5.74) is 3.58. The van der Waals surface area contributed by atoms with Crippen LogP contribution in [0.5, 0.6) is 0 Å². The van der Waals surface area contributed by atoms with Gasteiger partial charge in [-0.25, -0.2) is 8.42 Å². The highest BCUT2D eigenvalue weighted by atomic mass is 35.5. The van der Waals surface area contributed by atoms with E-state index in [1.165, 1.54) is 30.0 Å². The summed E-state index contributed by atoms with van der Waals surface area (Å²) < 4.78 is 28.3. The molecule has 33 heavy (non-hydrogen) atoms. The second-order valence-corrected chi connectivity index (χ2v) is 9.71. The van der Waals surface area contributed by atoms with Crippen LogP contribution in [0.15, 0.2) is 65.6 Å². The molecular weight excluding hydrogens is 462 g/mol. The monoisotopic (exact) mass is 485 g/mol. The van der Waals surface area contributed by atoms with Crippen molar-refractivity contribution in [3.8, 4) is 0 Å². The van der Waals surface area contributed by atoms with E-state index in [4.69, 9.17) is 11.6 Å². The Morgan fingerprint density at radius 3 is 2.12 bits per heavy atom. The van der Waals surface area contributed by atoms with Crippen molar-refractivity contribution in [3.63, 3.8) is 0 Å². The van der Waals surface area contributed by atoms with Gasteiger partial charge in [0.05, 0.1) is 15.5 Å². The minimum absolute atomic E-state index is 0.0181. The molecule has 0 aliphatic carbocycles. The molecule has 0 aromatic heterocycles. The Balaban J connectivity index is 1.82. The molecule has 9 heteroatoms. The summed E-state index contributed by atoms with van der Waals surface area (Å²) in [6.45, 7) is 5.28. The van der Waals surface area contributed by atoms with Crippen molar-refractivity contribution in [3.05, 3.63) is 82.4 Å². The van der Waals surface area contributed by atoms with Crippen LogP contribution in [0.3, 0.4) is 0 Å². The van der Waals surface area contributed by atoms with E-state index in [0.29, 0.717) is 17.1 Å². The molecule has 0 heterocycles. The Morgan fingerprint density at radius 1 is 0.879 bits per heavy atom. The average molecular weight is 486 g/mol. The summed E-state index contributed by atoms with van der Waals surface area (Å²) in [5, 5.41) is 2.81. The van der Waals surface area contributed by atoms with Gasteiger partial charge in [-0.3, -0.25) is 14.3 Å². The fourth-order valence-electron chi connectivity index (χ4n) is 3.01. The molecule has 0 saturated heterocycles. The molecule has 0 aliphatic heterocycles. The van der Waals surface area contributed by atoms with E-state index in [0.717, 1.165) is 11.1 Å². The van der Waals surface area contributed by atoms with Gasteiger partial charge in [-0.1, -0.05) is 17.7 Å². The van der Waals surface area contributed by atoms with Crippen molar-refractivity contribution in [2.75, 3.05) is 22.0 Å². The Hall–Kier alpha value is -3.36. The van der Waals surface area contributed by atoms with Gasteiger partial charge in [-0.15, -0.1) is 0 Å². The van der Waals surface area contributed by atoms with Crippen LogP contribution in [0.25, 0.3) is 0 Å². The Bertz CT molecular complexity index is 1320. The molecule has 2 N–H and O–H groups in total. The number of hydrogen-bond donors (Lipinski definition) is 2. The van der Waals surface area contributed by atoms with E-state index in [2.05, 4.69) is 10.0 Å². The van der Waals surface area contributed by atoms with Crippen molar-refractivity contribution in [2.45, 2.75) is 25.7 Å². The third-order valence-corrected chi connectivity index (χ3v) is 6.95. The molecule has 2 amide bonds. The normalized spacial score (nSPS) is 11.1. The lowest BCUT2D eigenvalue weighted by Crippen LogP contribution is -2.22. The van der Waals surface area contributed by atoms with Crippen LogP contribution in [0.2, 0.25) is 5.02 Å². The van der Waals surface area contributed by atoms with Crippen molar-refractivity contribution in [2.24, 2.45) is 0 Å². The summed E-state index contributed by atoms with van der Waals surface area (Å²) in [5.74, 6) is -0.679. The number of aryl methyl sites for hydroxylation is 2. The van der Waals surface area contributed by atoms with Gasteiger partial charge in [0.15, 0.2) is 0 Å². The Kier molecular flexibility index (Phi) is 7.09. The minimum Gasteiger partial charge on any atom is -0.322 e. The number of sulfonamides is 1. The first kappa shape index (κ1) is 24.3. The molecule has 0 spiro atoms. The maximum atomic E-state index is 12.9. The first-order valence-corrected chi connectivity index (χ1v) is 11.9. The summed E-state index contributed by atoms with van der Waals surface area (Å²) in [7, 11) is -2.29. The molecule has 7 nitrogen and oxygen atoms in total. The van der Waals surface area contributed by atoms with Gasteiger partial charge in [0.25, 0.3) is 15.9 Å². The Labute approximate surface area is 198 Å². The number of hydrogen-bond acceptors (Lipinski definition) is 4. The molecule has 0 saturated carbocycles. The molecule has 0 aliphatic rings. The van der Waals surface area contributed by atoms with Crippen LogP contribution in [0.1, 0.15) is 28.4 Å². The van der Waals surface area contributed by atoms with E-state index in [-0.39, 0.29) is 21.4 Å². The van der Waals surface area contributed by atoms with E-state index >= 15 is 0 Å². The van der Waals surface area contributed by atoms with Gasteiger partial charge in [-0.05, 0) is 79.6 Å². The van der Waals surface area contributed by atoms with Gasteiger partial charge >= 0.3 is 0 Å². The molecule has 0 fully saturated rings. The lowest BCUT2D eigenvalue weighted by atomic mass is 10.1. The highest BCUT2D eigenvalue weighted by Gasteiger charge is 2.19. The number of nitrogens with one attached hydrogen (secondary N) is 2. The largest absolute Gasteiger partial charge is 0.322 e. The van der Waals surface area contributed by atoms with Crippen LogP contribution in [-0.2, 0) is 14.8 Å². The smallest absolute Gasteiger partial charge is 0.261 e. The third-order valence-electron chi connectivity index (χ3n) is 5.24. The molecule has 0 bridgehead atoms. The quantitative estimate of drug-likeness (QED) is 0.514. The van der Waals surface area contributed by atoms with Crippen LogP contribution in [0.4, 0.5) is 17.1 Å². The lowest BCUT2D eigenvalue weighted by Gasteiger charge is -2.15. The lowest BCUT2D eigenvalue weighted by molar-refractivity contribution is -0.116. The maximum absolute atomic E-state index is 12.9. The number of anilines is 3. The first-order valence-electron chi connectivity index (χ1n) is 10.0. The van der Waals surface area contributed by atoms with Gasteiger partial charge in [0, 0.05) is 31.0 Å². The number of benzene rings is 3. The molecule has 0 atom stereocenters. The number of carbonyl (C=O) groups excluding carboxylic acids is 2. The second kappa shape index (κ2) is 9.64. The Morgan fingerprint density at radius 2 is 1.52 bits per heavy atom. The van der Waals surface area contributed by atoms with Gasteiger partial charge in [0.2, 0.25) is 5.91 Å². The van der Waals surface area contributed by atoms with Gasteiger partial charge in [0.1, 0.15) is 0 Å². The van der Waals surface area contributed by atoms with Crippen LogP contribution < -0.4 is 14.9 Å². The van der Waals surface area contributed by atoms with Crippen LogP contribution >= 0.6 is 11.6 Å². The van der Waals surface area contributed by atoms with Crippen molar-refractivity contribution in [1.29, 1.82) is 0 Å². The van der Waals surface area contributed by atoms with E-state index in [1.807, 2.05) is 19.9 Å². The summed E-state index contributed by atoms with van der Waals surface area (Å²) in [6.07, 6.45) is 0. The van der Waals surface area contributed by atoms with E-state index in [9.17, 15) is 18.0 Å². The highest BCUT2D eigenvalue weighted by Crippen LogP contribution is 2.25. The number of halogens is 1. The highest BCUT2D eigenvalue weighted by molar-refractivity contribution is 7.92. The standard InChI is InChI=1S/C24H24ClN3O4S/c1-15-5-6-19(13-16(15)2)27-33(31,32)21-11-12-23(25)22(14-21)24(30)26-18-7-9-20(10-8-18)28(4)17(3)29/h5-14,27H,1-4H3,(H,26,30). The maximum Gasteiger partial charge on any atom is 0.261 e. The predicted octanol–water partition coefficient (Wildman–Crippen LogP) is 4.99. The first-order chi connectivity index (χ1) is 15.5. The fraction of sp³-hybridized carbons (Fsp3) is 0.167. The van der Waals surface area contributed by atoms with Crippen molar-refractivity contribution < 1.29 is 18.0 Å². The second-order valence-electron chi connectivity index (χ2n) is 7.63. The van der Waals surface area contributed by atoms with Crippen molar-refractivity contribution in [1.82, 2.24) is 0 Å². The van der Waals surface area contributed by atoms with E-state index in [1.54, 1.807) is 43.4 Å². The predicted molar refractivity (Wildman–Crippen MR) is 132 cm³/mol. The number of rotatable bonds is 6. The SMILES string of the molecule is CC(=O)N(C)c1ccc(NC(=O)c2cc(S(=O)(=O)Nc3ccc(C)c(C)c3)ccc2Cl)cc1. The summed E-state index contributed by atoms with van der Waals surface area (Å²) in [6, 6.07) is 15.8. The number of amides is 2. The van der Waals surface area contributed by atoms with E-state index < -0.39 is 15.9 Å².